The molecular weight excluding hydrogens is 314 g/mol. The first-order chi connectivity index (χ1) is 9.01. The van der Waals surface area contributed by atoms with Gasteiger partial charge in [-0.3, -0.25) is 4.79 Å². The van der Waals surface area contributed by atoms with Crippen LogP contribution in [0, 0.1) is 0 Å². The molecule has 1 rings (SSSR count). The van der Waals surface area contributed by atoms with Crippen molar-refractivity contribution in [1.82, 2.24) is 4.90 Å². The number of carbonyl (C=O) groups is 2. The number of likely N-dealkylation sites (N-methyl/N-ethyl adjacent to an activating group) is 1. The number of hydrogen-bond donors (Lipinski definition) is 0. The summed E-state index contributed by atoms with van der Waals surface area (Å²) in [6.07, 6.45) is 0. The predicted octanol–water partition coefficient (Wildman–Crippen LogP) is 1.77. The zero-order valence-corrected chi connectivity index (χ0v) is 12.6. The third kappa shape index (κ3) is 4.04. The van der Waals surface area contributed by atoms with Gasteiger partial charge in [0.05, 0.1) is 7.11 Å². The fraction of sp³-hybridized carbons (Fsp3) is 0.385. The van der Waals surface area contributed by atoms with Crippen molar-refractivity contribution in [2.45, 2.75) is 6.04 Å². The van der Waals surface area contributed by atoms with Crippen molar-refractivity contribution in [3.63, 3.8) is 0 Å². The van der Waals surface area contributed by atoms with Crippen molar-refractivity contribution < 1.29 is 19.1 Å². The van der Waals surface area contributed by atoms with E-state index in [1.807, 2.05) is 0 Å². The van der Waals surface area contributed by atoms with Crippen molar-refractivity contribution in [3.8, 4) is 0 Å². The quantitative estimate of drug-likeness (QED) is 0.772. The number of rotatable bonds is 5. The van der Waals surface area contributed by atoms with E-state index in [-0.39, 0.29) is 12.5 Å². The van der Waals surface area contributed by atoms with Crippen LogP contribution in [0.2, 0.25) is 0 Å². The van der Waals surface area contributed by atoms with Crippen LogP contribution in [0.15, 0.2) is 28.7 Å². The van der Waals surface area contributed by atoms with Crippen molar-refractivity contribution >= 4 is 27.8 Å². The van der Waals surface area contributed by atoms with Crippen LogP contribution in [0.5, 0.6) is 0 Å². The maximum atomic E-state index is 11.9. The summed E-state index contributed by atoms with van der Waals surface area (Å²) in [4.78, 5) is 25.0. The van der Waals surface area contributed by atoms with Gasteiger partial charge in [0, 0.05) is 18.6 Å². The van der Waals surface area contributed by atoms with Crippen molar-refractivity contribution in [2.75, 3.05) is 27.9 Å². The van der Waals surface area contributed by atoms with E-state index in [9.17, 15) is 9.59 Å². The van der Waals surface area contributed by atoms with Gasteiger partial charge in [0.15, 0.2) is 6.04 Å². The van der Waals surface area contributed by atoms with E-state index >= 15 is 0 Å². The number of nitrogens with zero attached hydrogens (tertiary/aromatic N) is 1. The van der Waals surface area contributed by atoms with E-state index in [0.717, 1.165) is 4.47 Å². The lowest BCUT2D eigenvalue weighted by atomic mass is 10.1. The number of benzene rings is 1. The van der Waals surface area contributed by atoms with Gasteiger partial charge in [-0.1, -0.05) is 28.1 Å². The van der Waals surface area contributed by atoms with E-state index in [0.29, 0.717) is 5.56 Å². The van der Waals surface area contributed by atoms with E-state index in [1.165, 1.54) is 19.1 Å². The molecule has 0 saturated carbocycles. The number of ether oxygens (including phenoxy) is 2. The molecule has 0 aromatic heterocycles. The zero-order chi connectivity index (χ0) is 14.4. The first-order valence-electron chi connectivity index (χ1n) is 5.59. The molecule has 0 heterocycles. The molecule has 0 unspecified atom stereocenters. The second-order valence-electron chi connectivity index (χ2n) is 3.91. The first-order valence-corrected chi connectivity index (χ1v) is 6.38. The topological polar surface area (TPSA) is 55.8 Å². The Labute approximate surface area is 120 Å². The largest absolute Gasteiger partial charge is 0.467 e. The molecule has 5 nitrogen and oxygen atoms in total. The molecule has 0 saturated heterocycles. The smallest absolute Gasteiger partial charge is 0.333 e. The normalized spacial score (nSPS) is 11.8. The monoisotopic (exact) mass is 329 g/mol. The maximum absolute atomic E-state index is 11.9. The lowest BCUT2D eigenvalue weighted by molar-refractivity contribution is -0.153. The molecule has 0 aliphatic heterocycles. The summed E-state index contributed by atoms with van der Waals surface area (Å²) in [6, 6.07) is 6.37. The first kappa shape index (κ1) is 15.7. The predicted molar refractivity (Wildman–Crippen MR) is 73.5 cm³/mol. The van der Waals surface area contributed by atoms with Crippen LogP contribution in [-0.2, 0) is 19.1 Å². The summed E-state index contributed by atoms with van der Waals surface area (Å²) in [6.45, 7) is -0.0828. The molecule has 0 radical (unpaired) electrons. The number of carbonyl (C=O) groups excluding carboxylic acids is 2. The number of amides is 1. The Bertz CT molecular complexity index is 446. The Morgan fingerprint density at radius 3 is 2.32 bits per heavy atom. The Morgan fingerprint density at radius 2 is 1.84 bits per heavy atom. The molecule has 6 heteroatoms. The fourth-order valence-electron chi connectivity index (χ4n) is 1.64. The maximum Gasteiger partial charge on any atom is 0.333 e. The van der Waals surface area contributed by atoms with Gasteiger partial charge in [0.2, 0.25) is 5.91 Å². The van der Waals surface area contributed by atoms with Crippen molar-refractivity contribution in [3.05, 3.63) is 34.3 Å². The van der Waals surface area contributed by atoms with Crippen LogP contribution >= 0.6 is 15.9 Å². The lowest BCUT2D eigenvalue weighted by Crippen LogP contribution is -2.38. The molecule has 19 heavy (non-hydrogen) atoms. The van der Waals surface area contributed by atoms with E-state index in [2.05, 4.69) is 15.9 Å². The summed E-state index contributed by atoms with van der Waals surface area (Å²) < 4.78 is 10.4. The van der Waals surface area contributed by atoms with E-state index in [1.54, 1.807) is 31.3 Å². The molecule has 104 valence electrons. The van der Waals surface area contributed by atoms with Crippen LogP contribution in [0.4, 0.5) is 0 Å². The molecule has 0 N–H and O–H groups in total. The van der Waals surface area contributed by atoms with E-state index < -0.39 is 12.0 Å². The molecule has 1 aromatic carbocycles. The highest BCUT2D eigenvalue weighted by Gasteiger charge is 2.29. The average Bonchev–Trinajstić information content (AvgIpc) is 2.41. The molecule has 0 bridgehead atoms. The Kier molecular flexibility index (Phi) is 5.98. The fourth-order valence-corrected chi connectivity index (χ4v) is 1.91. The van der Waals surface area contributed by atoms with Crippen molar-refractivity contribution in [1.29, 1.82) is 0 Å². The minimum Gasteiger partial charge on any atom is -0.467 e. The number of esters is 1. The third-order valence-electron chi connectivity index (χ3n) is 2.66. The van der Waals surface area contributed by atoms with Crippen LogP contribution < -0.4 is 0 Å². The van der Waals surface area contributed by atoms with Gasteiger partial charge >= 0.3 is 5.97 Å². The molecule has 0 aliphatic rings. The van der Waals surface area contributed by atoms with Crippen molar-refractivity contribution in [2.24, 2.45) is 0 Å². The van der Waals surface area contributed by atoms with Gasteiger partial charge < -0.3 is 14.4 Å². The van der Waals surface area contributed by atoms with Crippen LogP contribution in [0.1, 0.15) is 11.6 Å². The Balaban J connectivity index is 3.04. The molecule has 0 spiro atoms. The summed E-state index contributed by atoms with van der Waals surface area (Å²) in [5.74, 6) is -0.782. The SMILES string of the molecule is COCC(=O)N(C)[C@@H](C(=O)OC)c1ccc(Br)cc1. The minimum atomic E-state index is -0.777. The number of methoxy groups -OCH3 is 2. The number of halogens is 1. The third-order valence-corrected chi connectivity index (χ3v) is 3.19. The van der Waals surface area contributed by atoms with Gasteiger partial charge in [-0.15, -0.1) is 0 Å². The minimum absolute atomic E-state index is 0.0828. The van der Waals surface area contributed by atoms with Crippen LogP contribution in [0.3, 0.4) is 0 Å². The second-order valence-corrected chi connectivity index (χ2v) is 4.83. The molecule has 0 aliphatic carbocycles. The average molecular weight is 330 g/mol. The molecule has 0 fully saturated rings. The number of hydrogen-bond acceptors (Lipinski definition) is 4. The summed E-state index contributed by atoms with van der Waals surface area (Å²) in [7, 11) is 4.27. The summed E-state index contributed by atoms with van der Waals surface area (Å²) in [5.41, 5.74) is 0.682. The molecule has 1 aromatic rings. The standard InChI is InChI=1S/C13H16BrNO4/c1-15(11(16)8-18-2)12(13(17)19-3)9-4-6-10(14)7-5-9/h4-7,12H,8H2,1-3H3/t12-/m1/s1. The lowest BCUT2D eigenvalue weighted by Gasteiger charge is -2.26. The Morgan fingerprint density at radius 1 is 1.26 bits per heavy atom. The highest BCUT2D eigenvalue weighted by Crippen LogP contribution is 2.23. The molecule has 1 atom stereocenters. The van der Waals surface area contributed by atoms with Crippen LogP contribution in [-0.4, -0.2) is 44.7 Å². The van der Waals surface area contributed by atoms with Gasteiger partial charge in [-0.2, -0.15) is 0 Å². The highest BCUT2D eigenvalue weighted by molar-refractivity contribution is 9.10. The van der Waals surface area contributed by atoms with Crippen LogP contribution in [0.25, 0.3) is 0 Å². The van der Waals surface area contributed by atoms with E-state index in [4.69, 9.17) is 9.47 Å². The summed E-state index contributed by atoms with van der Waals surface area (Å²) >= 11 is 3.32. The van der Waals surface area contributed by atoms with Gasteiger partial charge in [-0.05, 0) is 17.7 Å². The molecule has 1 amide bonds. The Hall–Kier alpha value is -1.40. The summed E-state index contributed by atoms with van der Waals surface area (Å²) in [5, 5.41) is 0. The van der Waals surface area contributed by atoms with Gasteiger partial charge in [-0.25, -0.2) is 4.79 Å². The van der Waals surface area contributed by atoms with Gasteiger partial charge in [0.25, 0.3) is 0 Å². The second kappa shape index (κ2) is 7.25. The molecular formula is C13H16BrNO4. The highest BCUT2D eigenvalue weighted by atomic mass is 79.9. The zero-order valence-electron chi connectivity index (χ0n) is 11.1. The van der Waals surface area contributed by atoms with Gasteiger partial charge in [0.1, 0.15) is 6.61 Å².